The highest BCUT2D eigenvalue weighted by atomic mass is 16.2. The number of benzene rings is 2. The van der Waals surface area contributed by atoms with Gasteiger partial charge in [0.25, 0.3) is 5.56 Å². The zero-order valence-electron chi connectivity index (χ0n) is 20.8. The van der Waals surface area contributed by atoms with Gasteiger partial charge in [-0.05, 0) is 48.8 Å². The molecule has 1 atom stereocenters. The molecule has 0 bridgehead atoms. The van der Waals surface area contributed by atoms with E-state index in [1.807, 2.05) is 53.1 Å². The molecule has 37 heavy (non-hydrogen) atoms. The normalized spacial score (nSPS) is 17.7. The summed E-state index contributed by atoms with van der Waals surface area (Å²) < 4.78 is 4.54. The van der Waals surface area contributed by atoms with Gasteiger partial charge in [0, 0.05) is 6.04 Å². The molecule has 2 aromatic carbocycles. The molecular formula is C29H31N5O3. The first-order valence-corrected chi connectivity index (χ1v) is 13.2. The average Bonchev–Trinajstić information content (AvgIpc) is 3.60. The van der Waals surface area contributed by atoms with Crippen molar-refractivity contribution in [1.82, 2.24) is 24.0 Å². The number of amides is 1. The van der Waals surface area contributed by atoms with Gasteiger partial charge in [-0.3, -0.25) is 14.2 Å². The van der Waals surface area contributed by atoms with Gasteiger partial charge in [-0.2, -0.15) is 0 Å². The van der Waals surface area contributed by atoms with Crippen LogP contribution in [0.2, 0.25) is 0 Å². The van der Waals surface area contributed by atoms with Crippen LogP contribution in [0.5, 0.6) is 0 Å². The number of nitrogens with one attached hydrogen (secondary N) is 1. The summed E-state index contributed by atoms with van der Waals surface area (Å²) in [5.41, 5.74) is 3.09. The second kappa shape index (κ2) is 9.84. The van der Waals surface area contributed by atoms with Crippen LogP contribution in [0.4, 0.5) is 0 Å². The summed E-state index contributed by atoms with van der Waals surface area (Å²) in [6.45, 7) is -0.0489. The van der Waals surface area contributed by atoms with Crippen LogP contribution in [0.25, 0.3) is 11.2 Å². The molecule has 1 saturated carbocycles. The summed E-state index contributed by atoms with van der Waals surface area (Å²) in [6, 6.07) is 17.8. The van der Waals surface area contributed by atoms with Crippen LogP contribution in [0.15, 0.2) is 70.5 Å². The van der Waals surface area contributed by atoms with Gasteiger partial charge in [0.1, 0.15) is 6.54 Å². The zero-order valence-corrected chi connectivity index (χ0v) is 20.8. The molecule has 0 aliphatic heterocycles. The minimum Gasteiger partial charge on any atom is -0.348 e. The lowest BCUT2D eigenvalue weighted by atomic mass is 9.88. The molecule has 8 nitrogen and oxygen atoms in total. The Morgan fingerprint density at radius 1 is 0.919 bits per heavy atom. The minimum absolute atomic E-state index is 0.118. The number of fused-ring (bicyclic) bond motifs is 2. The first-order valence-electron chi connectivity index (χ1n) is 13.2. The molecule has 190 valence electrons. The van der Waals surface area contributed by atoms with E-state index in [0.29, 0.717) is 11.2 Å². The van der Waals surface area contributed by atoms with Crippen molar-refractivity contribution >= 4 is 17.1 Å². The van der Waals surface area contributed by atoms with E-state index in [9.17, 15) is 14.4 Å². The summed E-state index contributed by atoms with van der Waals surface area (Å²) >= 11 is 0. The first kappa shape index (κ1) is 23.5. The van der Waals surface area contributed by atoms with Crippen molar-refractivity contribution < 1.29 is 4.79 Å². The average molecular weight is 498 g/mol. The zero-order chi connectivity index (χ0) is 25.4. The highest BCUT2D eigenvalue weighted by Crippen LogP contribution is 2.31. The van der Waals surface area contributed by atoms with Gasteiger partial charge in [0.2, 0.25) is 5.91 Å². The van der Waals surface area contributed by atoms with Gasteiger partial charge >= 0.3 is 5.69 Å². The van der Waals surface area contributed by atoms with Gasteiger partial charge in [-0.15, -0.1) is 0 Å². The van der Waals surface area contributed by atoms with Crippen LogP contribution in [-0.2, 0) is 24.3 Å². The van der Waals surface area contributed by atoms with E-state index < -0.39 is 11.2 Å². The van der Waals surface area contributed by atoms with Crippen molar-refractivity contribution in [2.24, 2.45) is 0 Å². The van der Waals surface area contributed by atoms with Crippen LogP contribution >= 0.6 is 0 Å². The van der Waals surface area contributed by atoms with E-state index in [1.165, 1.54) is 10.1 Å². The Morgan fingerprint density at radius 2 is 1.68 bits per heavy atom. The molecule has 8 heteroatoms. The number of hydrogen-bond acceptors (Lipinski definition) is 4. The Hall–Kier alpha value is -3.94. The fourth-order valence-corrected chi connectivity index (χ4v) is 6.00. The Labute approximate surface area is 214 Å². The maximum atomic E-state index is 13.7. The number of aryl methyl sites for hydroxylation is 1. The molecule has 0 unspecified atom stereocenters. The highest BCUT2D eigenvalue weighted by Gasteiger charge is 2.26. The van der Waals surface area contributed by atoms with Crippen molar-refractivity contribution in [3.8, 4) is 0 Å². The maximum absolute atomic E-state index is 13.7. The van der Waals surface area contributed by atoms with E-state index in [2.05, 4.69) is 16.4 Å². The topological polar surface area (TPSA) is 90.9 Å². The Bertz CT molecular complexity index is 1560. The van der Waals surface area contributed by atoms with Crippen LogP contribution in [0.1, 0.15) is 67.3 Å². The third kappa shape index (κ3) is 4.41. The number of carbonyl (C=O) groups excluding carboxylic acids is 1. The minimum atomic E-state index is -0.516. The lowest BCUT2D eigenvalue weighted by molar-refractivity contribution is -0.122. The summed E-state index contributed by atoms with van der Waals surface area (Å²) in [5.74, 6) is -0.335. The van der Waals surface area contributed by atoms with E-state index >= 15 is 0 Å². The van der Waals surface area contributed by atoms with Crippen molar-refractivity contribution in [2.75, 3.05) is 0 Å². The van der Waals surface area contributed by atoms with E-state index in [4.69, 9.17) is 0 Å². The third-order valence-corrected chi connectivity index (χ3v) is 7.85. The summed E-state index contributed by atoms with van der Waals surface area (Å²) in [5, 5.41) is 3.09. The highest BCUT2D eigenvalue weighted by molar-refractivity contribution is 5.77. The van der Waals surface area contributed by atoms with Crippen LogP contribution in [-0.4, -0.2) is 24.6 Å². The largest absolute Gasteiger partial charge is 0.348 e. The molecule has 1 N–H and O–H groups in total. The summed E-state index contributed by atoms with van der Waals surface area (Å²) in [7, 11) is 0. The quantitative estimate of drug-likeness (QED) is 0.440. The fourth-order valence-electron chi connectivity index (χ4n) is 6.00. The van der Waals surface area contributed by atoms with E-state index in [1.54, 1.807) is 6.33 Å². The van der Waals surface area contributed by atoms with Gasteiger partial charge in [0.15, 0.2) is 11.2 Å². The number of imidazole rings is 1. The molecule has 2 aliphatic carbocycles. The molecule has 2 aliphatic rings. The van der Waals surface area contributed by atoms with Crippen molar-refractivity contribution in [3.63, 3.8) is 0 Å². The second-order valence-electron chi connectivity index (χ2n) is 10.2. The molecule has 1 amide bonds. The lowest BCUT2D eigenvalue weighted by Crippen LogP contribution is -2.45. The molecule has 6 rings (SSSR count). The van der Waals surface area contributed by atoms with E-state index in [-0.39, 0.29) is 31.1 Å². The molecule has 2 aromatic heterocycles. The molecule has 4 aromatic rings. The SMILES string of the molecule is O=C(Cn1c(=O)c2c(ncn2C2CCCC2)n(Cc2ccccc2)c1=O)N[C@@H]1CCCc2ccccc21. The van der Waals surface area contributed by atoms with Gasteiger partial charge in [-0.25, -0.2) is 14.3 Å². The van der Waals surface area contributed by atoms with Gasteiger partial charge in [-0.1, -0.05) is 67.4 Å². The molecule has 0 spiro atoms. The number of nitrogens with zero attached hydrogens (tertiary/aromatic N) is 4. The van der Waals surface area contributed by atoms with Gasteiger partial charge in [0.05, 0.1) is 18.9 Å². The fraction of sp³-hybridized carbons (Fsp3) is 0.379. The summed E-state index contributed by atoms with van der Waals surface area (Å²) in [6.07, 6.45) is 8.66. The smallest absolute Gasteiger partial charge is 0.333 e. The van der Waals surface area contributed by atoms with Crippen molar-refractivity contribution in [2.45, 2.75) is 70.1 Å². The Balaban J connectivity index is 1.39. The Kier molecular flexibility index (Phi) is 6.24. The first-order chi connectivity index (χ1) is 18.1. The number of rotatable bonds is 6. The standard InChI is InChI=1S/C29H31N5O3/c35-25(31-24-16-8-12-21-11-4-7-15-23(21)24)18-33-28(36)26-27(30-19-34(26)22-13-5-6-14-22)32(29(33)37)17-20-9-2-1-3-10-20/h1-4,7,9-11,15,19,22,24H,5-6,8,12-14,16-18H2,(H,31,35)/t24-/m1/s1. The lowest BCUT2D eigenvalue weighted by Gasteiger charge is -2.26. The number of hydrogen-bond donors (Lipinski definition) is 1. The van der Waals surface area contributed by atoms with Crippen molar-refractivity contribution in [3.05, 3.63) is 98.5 Å². The molecule has 1 fully saturated rings. The number of carbonyl (C=O) groups is 1. The second-order valence-corrected chi connectivity index (χ2v) is 10.2. The molecular weight excluding hydrogens is 466 g/mol. The van der Waals surface area contributed by atoms with Gasteiger partial charge < -0.3 is 9.88 Å². The molecule has 0 radical (unpaired) electrons. The number of aromatic nitrogens is 4. The van der Waals surface area contributed by atoms with Crippen LogP contribution in [0, 0.1) is 0 Å². The van der Waals surface area contributed by atoms with Crippen LogP contribution < -0.4 is 16.6 Å². The monoisotopic (exact) mass is 497 g/mol. The maximum Gasteiger partial charge on any atom is 0.333 e. The predicted molar refractivity (Wildman–Crippen MR) is 142 cm³/mol. The Morgan fingerprint density at radius 3 is 2.49 bits per heavy atom. The molecule has 0 saturated heterocycles. The third-order valence-electron chi connectivity index (χ3n) is 7.85. The molecule has 2 heterocycles. The van der Waals surface area contributed by atoms with E-state index in [0.717, 1.165) is 60.6 Å². The van der Waals surface area contributed by atoms with Crippen molar-refractivity contribution in [1.29, 1.82) is 0 Å². The predicted octanol–water partition coefficient (Wildman–Crippen LogP) is 3.72. The summed E-state index contributed by atoms with van der Waals surface area (Å²) in [4.78, 5) is 45.2. The van der Waals surface area contributed by atoms with Crippen LogP contribution in [0.3, 0.4) is 0 Å².